The molecular weight excluding hydrogens is 246 g/mol. The lowest BCUT2D eigenvalue weighted by atomic mass is 10.2. The molecule has 2 unspecified atom stereocenters. The minimum Gasteiger partial charge on any atom is -0.352 e. The lowest BCUT2D eigenvalue weighted by molar-refractivity contribution is 0.678. The fourth-order valence-corrected chi connectivity index (χ4v) is 2.36. The van der Waals surface area contributed by atoms with Crippen molar-refractivity contribution in [2.45, 2.75) is 19.4 Å². The monoisotopic (exact) mass is 263 g/mol. The van der Waals surface area contributed by atoms with E-state index in [9.17, 15) is 4.21 Å². The third-order valence-electron chi connectivity index (χ3n) is 2.70. The van der Waals surface area contributed by atoms with Gasteiger partial charge in [0.2, 0.25) is 5.95 Å². The van der Waals surface area contributed by atoms with Crippen LogP contribution in [0.5, 0.6) is 0 Å². The standard InChI is InChI=1S/C13H17N3OS/c1-10(7-8-18(2)17)15-13-14-9-11-5-3-4-6-12(11)16-13/h3-6,9-10H,7-8H2,1-2H3,(H,14,15,16). The number of nitrogens with zero attached hydrogens (tertiary/aromatic N) is 2. The topological polar surface area (TPSA) is 54.9 Å². The number of fused-ring (bicyclic) bond motifs is 1. The van der Waals surface area contributed by atoms with Crippen molar-refractivity contribution >= 4 is 27.7 Å². The van der Waals surface area contributed by atoms with Gasteiger partial charge >= 0.3 is 0 Å². The summed E-state index contributed by atoms with van der Waals surface area (Å²) in [6.07, 6.45) is 4.38. The molecule has 1 aromatic heterocycles. The van der Waals surface area contributed by atoms with Crippen LogP contribution in [-0.2, 0) is 10.8 Å². The molecule has 0 amide bonds. The van der Waals surface area contributed by atoms with Crippen LogP contribution in [0.4, 0.5) is 5.95 Å². The molecule has 5 heteroatoms. The molecule has 18 heavy (non-hydrogen) atoms. The van der Waals surface area contributed by atoms with Gasteiger partial charge in [-0.3, -0.25) is 4.21 Å². The number of aromatic nitrogens is 2. The van der Waals surface area contributed by atoms with Crippen molar-refractivity contribution < 1.29 is 4.21 Å². The van der Waals surface area contributed by atoms with Gasteiger partial charge in [-0.25, -0.2) is 9.97 Å². The number of nitrogens with one attached hydrogen (secondary N) is 1. The van der Waals surface area contributed by atoms with Crippen LogP contribution in [-0.4, -0.2) is 32.2 Å². The normalized spacial score (nSPS) is 14.3. The van der Waals surface area contributed by atoms with Crippen molar-refractivity contribution in [3.8, 4) is 0 Å². The number of benzene rings is 1. The van der Waals surface area contributed by atoms with Crippen molar-refractivity contribution in [1.82, 2.24) is 9.97 Å². The Labute approximate surface area is 109 Å². The molecule has 0 fully saturated rings. The van der Waals surface area contributed by atoms with Gasteiger partial charge in [0.15, 0.2) is 0 Å². The largest absolute Gasteiger partial charge is 0.352 e. The second-order valence-electron chi connectivity index (χ2n) is 4.36. The summed E-state index contributed by atoms with van der Waals surface area (Å²) >= 11 is 0. The van der Waals surface area contributed by atoms with Crippen molar-refractivity contribution in [1.29, 1.82) is 0 Å². The van der Waals surface area contributed by atoms with Crippen LogP contribution in [0.1, 0.15) is 13.3 Å². The molecule has 2 aromatic rings. The number of hydrogen-bond donors (Lipinski definition) is 1. The molecule has 4 nitrogen and oxygen atoms in total. The molecule has 0 aliphatic rings. The first-order valence-corrected chi connectivity index (χ1v) is 7.66. The van der Waals surface area contributed by atoms with Gasteiger partial charge in [0, 0.05) is 40.4 Å². The Morgan fingerprint density at radius 1 is 1.39 bits per heavy atom. The molecule has 1 aromatic carbocycles. The maximum absolute atomic E-state index is 11.0. The lowest BCUT2D eigenvalue weighted by Crippen LogP contribution is -2.19. The predicted octanol–water partition coefficient (Wildman–Crippen LogP) is 2.20. The molecule has 0 bridgehead atoms. The van der Waals surface area contributed by atoms with E-state index in [-0.39, 0.29) is 6.04 Å². The Kier molecular flexibility index (Phi) is 4.25. The van der Waals surface area contributed by atoms with Crippen LogP contribution >= 0.6 is 0 Å². The summed E-state index contributed by atoms with van der Waals surface area (Å²) < 4.78 is 11.0. The van der Waals surface area contributed by atoms with E-state index in [1.165, 1.54) is 0 Å². The first kappa shape index (κ1) is 13.0. The zero-order chi connectivity index (χ0) is 13.0. The molecule has 0 aliphatic heterocycles. The fourth-order valence-electron chi connectivity index (χ4n) is 1.68. The zero-order valence-electron chi connectivity index (χ0n) is 10.6. The molecule has 0 saturated carbocycles. The quantitative estimate of drug-likeness (QED) is 0.898. The Bertz CT molecular complexity index is 559. The molecular formula is C13H17N3OS. The number of rotatable bonds is 5. The molecule has 0 saturated heterocycles. The van der Waals surface area contributed by atoms with E-state index in [4.69, 9.17) is 0 Å². The summed E-state index contributed by atoms with van der Waals surface area (Å²) in [7, 11) is -0.747. The average molecular weight is 263 g/mol. The molecule has 0 radical (unpaired) electrons. The molecule has 2 rings (SSSR count). The first-order valence-electron chi connectivity index (χ1n) is 5.93. The summed E-state index contributed by atoms with van der Waals surface area (Å²) in [6.45, 7) is 2.05. The minimum atomic E-state index is -0.747. The highest BCUT2D eigenvalue weighted by Gasteiger charge is 2.05. The highest BCUT2D eigenvalue weighted by atomic mass is 32.2. The second kappa shape index (κ2) is 5.91. The van der Waals surface area contributed by atoms with Gasteiger partial charge in [0.1, 0.15) is 0 Å². The molecule has 0 aliphatic carbocycles. The van der Waals surface area contributed by atoms with Crippen molar-refractivity contribution in [3.05, 3.63) is 30.5 Å². The summed E-state index contributed by atoms with van der Waals surface area (Å²) in [5, 5.41) is 4.27. The van der Waals surface area contributed by atoms with E-state index in [1.807, 2.05) is 37.4 Å². The SMILES string of the molecule is CC(CCS(C)=O)Nc1ncc2ccccc2n1. The number of anilines is 1. The van der Waals surface area contributed by atoms with Gasteiger partial charge in [-0.2, -0.15) is 0 Å². The Balaban J connectivity index is 2.05. The van der Waals surface area contributed by atoms with E-state index in [0.29, 0.717) is 11.7 Å². The lowest BCUT2D eigenvalue weighted by Gasteiger charge is -2.13. The van der Waals surface area contributed by atoms with Gasteiger partial charge in [0.25, 0.3) is 0 Å². The van der Waals surface area contributed by atoms with Gasteiger partial charge in [-0.15, -0.1) is 0 Å². The van der Waals surface area contributed by atoms with Gasteiger partial charge in [0.05, 0.1) is 5.52 Å². The molecule has 1 N–H and O–H groups in total. The highest BCUT2D eigenvalue weighted by Crippen LogP contribution is 2.12. The third kappa shape index (κ3) is 3.50. The Hall–Kier alpha value is -1.49. The Morgan fingerprint density at radius 2 is 2.17 bits per heavy atom. The highest BCUT2D eigenvalue weighted by molar-refractivity contribution is 7.84. The first-order chi connectivity index (χ1) is 8.65. The van der Waals surface area contributed by atoms with Crippen molar-refractivity contribution in [3.63, 3.8) is 0 Å². The summed E-state index contributed by atoms with van der Waals surface area (Å²) in [5.74, 6) is 1.32. The molecule has 2 atom stereocenters. The minimum absolute atomic E-state index is 0.218. The molecule has 1 heterocycles. The van der Waals surface area contributed by atoms with Crippen LogP contribution in [0.2, 0.25) is 0 Å². The zero-order valence-corrected chi connectivity index (χ0v) is 11.4. The van der Waals surface area contributed by atoms with Crippen LogP contribution < -0.4 is 5.32 Å². The van der Waals surface area contributed by atoms with Crippen LogP contribution in [0.15, 0.2) is 30.5 Å². The van der Waals surface area contributed by atoms with Crippen LogP contribution in [0.3, 0.4) is 0 Å². The maximum atomic E-state index is 11.0. The summed E-state index contributed by atoms with van der Waals surface area (Å²) in [6, 6.07) is 8.10. The smallest absolute Gasteiger partial charge is 0.223 e. The third-order valence-corrected chi connectivity index (χ3v) is 3.51. The fraction of sp³-hybridized carbons (Fsp3) is 0.385. The molecule has 0 spiro atoms. The molecule has 96 valence electrons. The van der Waals surface area contributed by atoms with E-state index in [0.717, 1.165) is 17.3 Å². The predicted molar refractivity (Wildman–Crippen MR) is 76.2 cm³/mol. The van der Waals surface area contributed by atoms with Gasteiger partial charge in [-0.05, 0) is 19.4 Å². The Morgan fingerprint density at radius 3 is 2.94 bits per heavy atom. The van der Waals surface area contributed by atoms with E-state index >= 15 is 0 Å². The average Bonchev–Trinajstić information content (AvgIpc) is 2.36. The van der Waals surface area contributed by atoms with E-state index < -0.39 is 10.8 Å². The van der Waals surface area contributed by atoms with Gasteiger partial charge < -0.3 is 5.32 Å². The van der Waals surface area contributed by atoms with E-state index in [2.05, 4.69) is 15.3 Å². The van der Waals surface area contributed by atoms with Crippen LogP contribution in [0, 0.1) is 0 Å². The van der Waals surface area contributed by atoms with E-state index in [1.54, 1.807) is 6.26 Å². The number of para-hydroxylation sites is 1. The second-order valence-corrected chi connectivity index (χ2v) is 5.92. The van der Waals surface area contributed by atoms with Crippen molar-refractivity contribution in [2.75, 3.05) is 17.3 Å². The maximum Gasteiger partial charge on any atom is 0.223 e. The summed E-state index contributed by atoms with van der Waals surface area (Å²) in [5.41, 5.74) is 0.932. The van der Waals surface area contributed by atoms with Crippen LogP contribution in [0.25, 0.3) is 10.9 Å². The van der Waals surface area contributed by atoms with Gasteiger partial charge in [-0.1, -0.05) is 18.2 Å². The summed E-state index contributed by atoms with van der Waals surface area (Å²) in [4.78, 5) is 8.72. The van der Waals surface area contributed by atoms with Crippen molar-refractivity contribution in [2.24, 2.45) is 0 Å². The number of hydrogen-bond acceptors (Lipinski definition) is 4.